The van der Waals surface area contributed by atoms with Crippen molar-refractivity contribution >= 4 is 24.0 Å². The normalized spacial score (nSPS) is 19.9. The molecule has 3 rings (SSSR count). The Kier molecular flexibility index (Phi) is 4.33. The molecular formula is C20H25BO3. The number of hydrogen-bond acceptors (Lipinski definition) is 3. The molecule has 0 atom stereocenters. The lowest BCUT2D eigenvalue weighted by Crippen LogP contribution is -2.41. The summed E-state index contributed by atoms with van der Waals surface area (Å²) in [6.07, 6.45) is 1.99. The third-order valence-corrected chi connectivity index (χ3v) is 5.26. The molecule has 3 nitrogen and oxygen atoms in total. The monoisotopic (exact) mass is 324 g/mol. The Morgan fingerprint density at radius 3 is 2.17 bits per heavy atom. The van der Waals surface area contributed by atoms with Gasteiger partial charge in [-0.25, -0.2) is 0 Å². The molecule has 126 valence electrons. The average molecular weight is 324 g/mol. The molecule has 1 fully saturated rings. The molecule has 0 unspecified atom stereocenters. The van der Waals surface area contributed by atoms with Crippen LogP contribution >= 0.6 is 0 Å². The molecule has 1 saturated heterocycles. The molecule has 0 amide bonds. The quantitative estimate of drug-likeness (QED) is 0.862. The molecule has 0 aliphatic carbocycles. The molecule has 24 heavy (non-hydrogen) atoms. The van der Waals surface area contributed by atoms with Crippen LogP contribution in [0.1, 0.15) is 38.8 Å². The lowest BCUT2D eigenvalue weighted by Gasteiger charge is -2.32. The summed E-state index contributed by atoms with van der Waals surface area (Å²) in [5, 5.41) is 12.3. The molecule has 0 spiro atoms. The lowest BCUT2D eigenvalue weighted by molar-refractivity contribution is 0.00578. The van der Waals surface area contributed by atoms with Crippen LogP contribution in [0.15, 0.2) is 41.9 Å². The van der Waals surface area contributed by atoms with E-state index in [2.05, 4.69) is 31.2 Å². The predicted octanol–water partition coefficient (Wildman–Crippen LogP) is 4.16. The van der Waals surface area contributed by atoms with Crippen molar-refractivity contribution in [1.29, 1.82) is 0 Å². The van der Waals surface area contributed by atoms with Gasteiger partial charge in [-0.2, -0.15) is 0 Å². The third-order valence-electron chi connectivity index (χ3n) is 5.26. The summed E-state index contributed by atoms with van der Waals surface area (Å²) in [5.41, 5.74) is 2.21. The molecule has 0 bridgehead atoms. The van der Waals surface area contributed by atoms with Crippen molar-refractivity contribution in [1.82, 2.24) is 0 Å². The Balaban J connectivity index is 2.03. The molecule has 2 aromatic carbocycles. The summed E-state index contributed by atoms with van der Waals surface area (Å²) in [6, 6.07) is 12.5. The maximum Gasteiger partial charge on any atom is 0.492 e. The first-order valence-corrected chi connectivity index (χ1v) is 8.40. The average Bonchev–Trinajstić information content (AvgIpc) is 2.75. The Labute approximate surface area is 144 Å². The predicted molar refractivity (Wildman–Crippen MR) is 99.8 cm³/mol. The van der Waals surface area contributed by atoms with Gasteiger partial charge >= 0.3 is 7.12 Å². The van der Waals surface area contributed by atoms with Gasteiger partial charge < -0.3 is 14.4 Å². The van der Waals surface area contributed by atoms with Gasteiger partial charge in [0.05, 0.1) is 17.8 Å². The Bertz CT molecular complexity index is 777. The van der Waals surface area contributed by atoms with Crippen LogP contribution in [-0.2, 0) is 9.31 Å². The molecule has 0 aromatic heterocycles. The maximum absolute atomic E-state index is 9.89. The minimum absolute atomic E-state index is 0.0982. The van der Waals surface area contributed by atoms with E-state index in [0.29, 0.717) is 0 Å². The van der Waals surface area contributed by atoms with Crippen LogP contribution in [-0.4, -0.2) is 30.0 Å². The van der Waals surface area contributed by atoms with Crippen molar-refractivity contribution in [3.63, 3.8) is 0 Å². The van der Waals surface area contributed by atoms with Crippen molar-refractivity contribution in [3.05, 3.63) is 53.0 Å². The summed E-state index contributed by atoms with van der Waals surface area (Å²) in [4.78, 5) is 0. The van der Waals surface area contributed by atoms with Crippen LogP contribution in [0.2, 0.25) is 0 Å². The minimum Gasteiger partial charge on any atom is -0.400 e. The fourth-order valence-corrected chi connectivity index (χ4v) is 2.98. The standard InChI is InChI=1S/C20H25BO3/c1-14-10-11-15(18-9-7-6-8-17(14)18)12-16(13-22)21-23-19(2,3)20(4,5)24-21/h6-12,22H,13H2,1-5H3. The zero-order chi connectivity index (χ0) is 17.5. The van der Waals surface area contributed by atoms with Crippen molar-refractivity contribution in [2.24, 2.45) is 0 Å². The van der Waals surface area contributed by atoms with E-state index in [0.717, 1.165) is 11.0 Å². The van der Waals surface area contributed by atoms with E-state index in [-0.39, 0.29) is 6.61 Å². The molecular weight excluding hydrogens is 299 g/mol. The van der Waals surface area contributed by atoms with Gasteiger partial charge in [0, 0.05) is 0 Å². The van der Waals surface area contributed by atoms with Crippen molar-refractivity contribution < 1.29 is 14.4 Å². The number of aliphatic hydroxyl groups is 1. The van der Waals surface area contributed by atoms with E-state index in [1.54, 1.807) is 0 Å². The van der Waals surface area contributed by atoms with E-state index in [1.807, 2.05) is 45.9 Å². The van der Waals surface area contributed by atoms with Crippen LogP contribution in [0.4, 0.5) is 0 Å². The number of aliphatic hydroxyl groups excluding tert-OH is 1. The largest absolute Gasteiger partial charge is 0.492 e. The van der Waals surface area contributed by atoms with Crippen molar-refractivity contribution in [2.75, 3.05) is 6.61 Å². The molecule has 1 aliphatic heterocycles. The van der Waals surface area contributed by atoms with Crippen LogP contribution in [0.5, 0.6) is 0 Å². The molecule has 4 heteroatoms. The summed E-state index contributed by atoms with van der Waals surface area (Å²) in [6.45, 7) is 10.1. The van der Waals surface area contributed by atoms with Gasteiger partial charge in [0.15, 0.2) is 0 Å². The fourth-order valence-electron chi connectivity index (χ4n) is 2.98. The summed E-state index contributed by atoms with van der Waals surface area (Å²) < 4.78 is 12.1. The number of fused-ring (bicyclic) bond motifs is 1. The highest BCUT2D eigenvalue weighted by Crippen LogP contribution is 2.39. The van der Waals surface area contributed by atoms with Gasteiger partial charge in [0.1, 0.15) is 0 Å². The number of rotatable bonds is 3. The van der Waals surface area contributed by atoms with Gasteiger partial charge in [-0.1, -0.05) is 42.5 Å². The van der Waals surface area contributed by atoms with Crippen molar-refractivity contribution in [3.8, 4) is 0 Å². The zero-order valence-corrected chi connectivity index (χ0v) is 15.1. The topological polar surface area (TPSA) is 38.7 Å². The Morgan fingerprint density at radius 1 is 1.00 bits per heavy atom. The fraction of sp³-hybridized carbons (Fsp3) is 0.400. The van der Waals surface area contributed by atoms with E-state index < -0.39 is 18.3 Å². The van der Waals surface area contributed by atoms with Crippen LogP contribution in [0.3, 0.4) is 0 Å². The van der Waals surface area contributed by atoms with Crippen LogP contribution in [0.25, 0.3) is 16.8 Å². The highest BCUT2D eigenvalue weighted by Gasteiger charge is 2.52. The van der Waals surface area contributed by atoms with Gasteiger partial charge in [-0.15, -0.1) is 0 Å². The maximum atomic E-state index is 9.89. The number of benzene rings is 2. The highest BCUT2D eigenvalue weighted by molar-refractivity contribution is 6.55. The Hall–Kier alpha value is -1.62. The smallest absolute Gasteiger partial charge is 0.400 e. The van der Waals surface area contributed by atoms with Crippen LogP contribution in [0, 0.1) is 6.92 Å². The molecule has 1 aliphatic rings. The van der Waals surface area contributed by atoms with Crippen LogP contribution < -0.4 is 0 Å². The first-order chi connectivity index (χ1) is 11.2. The molecule has 2 aromatic rings. The summed E-state index contributed by atoms with van der Waals surface area (Å²) >= 11 is 0. The number of aryl methyl sites for hydroxylation is 1. The Morgan fingerprint density at radius 2 is 1.58 bits per heavy atom. The minimum atomic E-state index is -0.528. The van der Waals surface area contributed by atoms with Crippen molar-refractivity contribution in [2.45, 2.75) is 45.8 Å². The second-order valence-corrected chi connectivity index (χ2v) is 7.48. The summed E-state index contributed by atoms with van der Waals surface area (Å²) in [7, 11) is -0.528. The second kappa shape index (κ2) is 6.03. The first-order valence-electron chi connectivity index (χ1n) is 8.40. The van der Waals surface area contributed by atoms with E-state index in [4.69, 9.17) is 9.31 Å². The molecule has 1 N–H and O–H groups in total. The van der Waals surface area contributed by atoms with Gasteiger partial charge in [-0.3, -0.25) is 0 Å². The van der Waals surface area contributed by atoms with E-state index in [9.17, 15) is 5.11 Å². The zero-order valence-electron chi connectivity index (χ0n) is 15.1. The van der Waals surface area contributed by atoms with E-state index in [1.165, 1.54) is 16.3 Å². The first kappa shape index (κ1) is 17.2. The van der Waals surface area contributed by atoms with Gasteiger partial charge in [0.2, 0.25) is 0 Å². The van der Waals surface area contributed by atoms with Gasteiger partial charge in [0.25, 0.3) is 0 Å². The third kappa shape index (κ3) is 2.90. The molecule has 1 heterocycles. The van der Waals surface area contributed by atoms with Gasteiger partial charge in [-0.05, 0) is 62.0 Å². The second-order valence-electron chi connectivity index (χ2n) is 7.48. The lowest BCUT2D eigenvalue weighted by atomic mass is 9.77. The highest BCUT2D eigenvalue weighted by atomic mass is 16.7. The molecule has 0 saturated carbocycles. The number of hydrogen-bond donors (Lipinski definition) is 1. The van der Waals surface area contributed by atoms with E-state index >= 15 is 0 Å². The SMILES string of the molecule is Cc1ccc(C=C(CO)B2OC(C)(C)C(C)(C)O2)c2ccccc12. The summed E-state index contributed by atoms with van der Waals surface area (Å²) in [5.74, 6) is 0. The molecule has 0 radical (unpaired) electrons.